The molecule has 0 saturated heterocycles. The summed E-state index contributed by atoms with van der Waals surface area (Å²) in [5, 5.41) is 6.88. The number of rotatable bonds is 6. The average Bonchev–Trinajstić information content (AvgIpc) is 3.34. The van der Waals surface area contributed by atoms with E-state index in [2.05, 4.69) is 15.5 Å². The van der Waals surface area contributed by atoms with Gasteiger partial charge in [0.2, 0.25) is 18.5 Å². The van der Waals surface area contributed by atoms with E-state index in [1.807, 2.05) is 36.4 Å². The number of aryl methyl sites for hydroxylation is 1. The summed E-state index contributed by atoms with van der Waals surface area (Å²) in [6.45, 7) is 0.764. The van der Waals surface area contributed by atoms with Gasteiger partial charge in [-0.05, 0) is 36.8 Å². The molecule has 1 aromatic heterocycles. The fraction of sp³-hybridized carbons (Fsp3) is 0.211. The van der Waals surface area contributed by atoms with Crippen LogP contribution in [-0.4, -0.2) is 29.4 Å². The minimum absolute atomic E-state index is 0.0859. The number of fused-ring (bicyclic) bond motifs is 1. The summed E-state index contributed by atoms with van der Waals surface area (Å²) in [5.41, 5.74) is 1.46. The Morgan fingerprint density at radius 3 is 2.81 bits per heavy atom. The second kappa shape index (κ2) is 7.26. The number of nitrogens with one attached hydrogen (secondary N) is 1. The van der Waals surface area contributed by atoms with Crippen molar-refractivity contribution in [2.24, 2.45) is 0 Å². The number of carbonyl (C=O) groups excluding carboxylic acids is 1. The maximum atomic E-state index is 12.0. The summed E-state index contributed by atoms with van der Waals surface area (Å²) in [6, 6.07) is 14.6. The first-order valence-electron chi connectivity index (χ1n) is 8.35. The SMILES string of the molecule is O=C(NCCCc1nc(-c2ccc3c(c2)OCO3)no1)c1ccccc1. The second-order valence-corrected chi connectivity index (χ2v) is 5.81. The number of hydrogen-bond acceptors (Lipinski definition) is 6. The van der Waals surface area contributed by atoms with Gasteiger partial charge in [-0.15, -0.1) is 0 Å². The highest BCUT2D eigenvalue weighted by Gasteiger charge is 2.16. The van der Waals surface area contributed by atoms with E-state index < -0.39 is 0 Å². The molecular weight excluding hydrogens is 334 g/mol. The molecule has 4 rings (SSSR count). The Morgan fingerprint density at radius 1 is 1.08 bits per heavy atom. The van der Waals surface area contributed by atoms with E-state index >= 15 is 0 Å². The van der Waals surface area contributed by atoms with Crippen LogP contribution in [0.15, 0.2) is 53.1 Å². The van der Waals surface area contributed by atoms with Gasteiger partial charge >= 0.3 is 0 Å². The number of carbonyl (C=O) groups is 1. The minimum Gasteiger partial charge on any atom is -0.454 e. The Labute approximate surface area is 149 Å². The molecule has 0 saturated carbocycles. The molecule has 0 bridgehead atoms. The lowest BCUT2D eigenvalue weighted by Crippen LogP contribution is -2.24. The van der Waals surface area contributed by atoms with Crippen LogP contribution in [0.4, 0.5) is 0 Å². The molecule has 1 amide bonds. The zero-order chi connectivity index (χ0) is 17.8. The third-order valence-corrected chi connectivity index (χ3v) is 3.99. The first kappa shape index (κ1) is 16.1. The van der Waals surface area contributed by atoms with Crippen molar-refractivity contribution < 1.29 is 18.8 Å². The van der Waals surface area contributed by atoms with Crippen molar-refractivity contribution in [3.8, 4) is 22.9 Å². The highest BCUT2D eigenvalue weighted by atomic mass is 16.7. The van der Waals surface area contributed by atoms with E-state index in [0.717, 1.165) is 5.56 Å². The normalized spacial score (nSPS) is 12.2. The number of ether oxygens (including phenoxy) is 2. The Balaban J connectivity index is 1.29. The molecule has 132 valence electrons. The van der Waals surface area contributed by atoms with Gasteiger partial charge in [0.1, 0.15) is 0 Å². The summed E-state index contributed by atoms with van der Waals surface area (Å²) in [4.78, 5) is 16.3. The standard InChI is InChI=1S/C19H17N3O4/c23-19(13-5-2-1-3-6-13)20-10-4-7-17-21-18(22-26-17)14-8-9-15-16(11-14)25-12-24-15/h1-3,5-6,8-9,11H,4,7,10,12H2,(H,20,23). The van der Waals surface area contributed by atoms with Crippen molar-refractivity contribution in [3.05, 3.63) is 60.0 Å². The van der Waals surface area contributed by atoms with Crippen molar-refractivity contribution in [2.75, 3.05) is 13.3 Å². The Kier molecular flexibility index (Phi) is 4.51. The largest absolute Gasteiger partial charge is 0.454 e. The van der Waals surface area contributed by atoms with E-state index in [4.69, 9.17) is 14.0 Å². The number of amides is 1. The van der Waals surface area contributed by atoms with Gasteiger partial charge in [-0.25, -0.2) is 0 Å². The molecule has 26 heavy (non-hydrogen) atoms. The molecular formula is C19H17N3O4. The summed E-state index contributed by atoms with van der Waals surface area (Å²) in [7, 11) is 0. The molecule has 0 spiro atoms. The third kappa shape index (κ3) is 3.51. The molecule has 0 unspecified atom stereocenters. The molecule has 1 aliphatic heterocycles. The molecule has 3 aromatic rings. The summed E-state index contributed by atoms with van der Waals surface area (Å²) < 4.78 is 15.9. The number of benzene rings is 2. The molecule has 1 aliphatic rings. The zero-order valence-corrected chi connectivity index (χ0v) is 14.0. The lowest BCUT2D eigenvalue weighted by Gasteiger charge is -2.03. The van der Waals surface area contributed by atoms with Crippen molar-refractivity contribution in [1.29, 1.82) is 0 Å². The van der Waals surface area contributed by atoms with Crippen molar-refractivity contribution >= 4 is 5.91 Å². The molecule has 7 nitrogen and oxygen atoms in total. The lowest BCUT2D eigenvalue weighted by atomic mass is 10.2. The third-order valence-electron chi connectivity index (χ3n) is 3.99. The summed E-state index contributed by atoms with van der Waals surface area (Å²) >= 11 is 0. The van der Waals surface area contributed by atoms with Crippen molar-refractivity contribution in [2.45, 2.75) is 12.8 Å². The first-order valence-corrected chi connectivity index (χ1v) is 8.35. The van der Waals surface area contributed by atoms with Gasteiger partial charge in [-0.2, -0.15) is 4.98 Å². The Bertz CT molecular complexity index is 908. The molecule has 2 heterocycles. The predicted octanol–water partition coefficient (Wildman–Crippen LogP) is 2.83. The second-order valence-electron chi connectivity index (χ2n) is 5.81. The Hall–Kier alpha value is -3.35. The quantitative estimate of drug-likeness (QED) is 0.687. The van der Waals surface area contributed by atoms with Crippen molar-refractivity contribution in [1.82, 2.24) is 15.5 Å². The highest BCUT2D eigenvalue weighted by molar-refractivity contribution is 5.94. The van der Waals surface area contributed by atoms with Gasteiger partial charge in [0.05, 0.1) is 0 Å². The molecule has 0 aliphatic carbocycles. The van der Waals surface area contributed by atoms with Crippen LogP contribution >= 0.6 is 0 Å². The number of hydrogen-bond donors (Lipinski definition) is 1. The topological polar surface area (TPSA) is 86.5 Å². The molecule has 0 atom stereocenters. The van der Waals surface area contributed by atoms with Gasteiger partial charge < -0.3 is 19.3 Å². The summed E-state index contributed by atoms with van der Waals surface area (Å²) in [5.74, 6) is 2.35. The van der Waals surface area contributed by atoms with Gasteiger partial charge in [0, 0.05) is 24.1 Å². The fourth-order valence-corrected chi connectivity index (χ4v) is 2.64. The maximum Gasteiger partial charge on any atom is 0.251 e. The van der Waals surface area contributed by atoms with Crippen LogP contribution in [0.2, 0.25) is 0 Å². The Morgan fingerprint density at radius 2 is 1.92 bits per heavy atom. The fourth-order valence-electron chi connectivity index (χ4n) is 2.64. The van der Waals surface area contributed by atoms with Gasteiger partial charge in [-0.1, -0.05) is 23.4 Å². The zero-order valence-electron chi connectivity index (χ0n) is 14.0. The van der Waals surface area contributed by atoms with Crippen LogP contribution in [0.25, 0.3) is 11.4 Å². The van der Waals surface area contributed by atoms with Crippen LogP contribution in [0.5, 0.6) is 11.5 Å². The van der Waals surface area contributed by atoms with Crippen LogP contribution in [0, 0.1) is 0 Å². The molecule has 2 aromatic carbocycles. The van der Waals surface area contributed by atoms with Gasteiger partial charge in [0.15, 0.2) is 11.5 Å². The van der Waals surface area contributed by atoms with E-state index in [1.54, 1.807) is 12.1 Å². The molecule has 0 fully saturated rings. The van der Waals surface area contributed by atoms with E-state index in [0.29, 0.717) is 48.2 Å². The predicted molar refractivity (Wildman–Crippen MR) is 93.0 cm³/mol. The molecule has 1 N–H and O–H groups in total. The van der Waals surface area contributed by atoms with E-state index in [1.165, 1.54) is 0 Å². The van der Waals surface area contributed by atoms with Crippen LogP contribution in [-0.2, 0) is 6.42 Å². The monoisotopic (exact) mass is 351 g/mol. The van der Waals surface area contributed by atoms with E-state index in [-0.39, 0.29) is 12.7 Å². The van der Waals surface area contributed by atoms with Gasteiger partial charge in [0.25, 0.3) is 5.91 Å². The molecule has 7 heteroatoms. The average molecular weight is 351 g/mol. The van der Waals surface area contributed by atoms with Gasteiger partial charge in [-0.3, -0.25) is 4.79 Å². The molecule has 0 radical (unpaired) electrons. The smallest absolute Gasteiger partial charge is 0.251 e. The van der Waals surface area contributed by atoms with Crippen LogP contribution in [0.1, 0.15) is 22.7 Å². The maximum absolute atomic E-state index is 12.0. The van der Waals surface area contributed by atoms with Crippen LogP contribution in [0.3, 0.4) is 0 Å². The number of nitrogens with zero attached hydrogens (tertiary/aromatic N) is 2. The summed E-state index contributed by atoms with van der Waals surface area (Å²) in [6.07, 6.45) is 1.30. The van der Waals surface area contributed by atoms with Crippen molar-refractivity contribution in [3.63, 3.8) is 0 Å². The van der Waals surface area contributed by atoms with Crippen LogP contribution < -0.4 is 14.8 Å². The number of aromatic nitrogens is 2. The first-order chi connectivity index (χ1) is 12.8. The highest BCUT2D eigenvalue weighted by Crippen LogP contribution is 2.35. The minimum atomic E-state index is -0.0859. The van der Waals surface area contributed by atoms with E-state index in [9.17, 15) is 4.79 Å². The lowest BCUT2D eigenvalue weighted by molar-refractivity contribution is 0.0953.